The number of nitrogens with zero attached hydrogens (tertiary/aromatic N) is 2. The number of amides is 1. The lowest BCUT2D eigenvalue weighted by atomic mass is 10.2. The SMILES string of the molecule is CCOC(=O)c1sc(N(Cc2ccccc2)C(=O)COC(=O)c2cccc(OC)c2O)nc1C. The van der Waals surface area contributed by atoms with E-state index in [1.165, 1.54) is 30.2 Å². The van der Waals surface area contributed by atoms with Crippen molar-refractivity contribution in [2.24, 2.45) is 0 Å². The number of aryl methyl sites for hydroxylation is 1. The molecule has 9 nitrogen and oxygen atoms in total. The molecule has 0 bridgehead atoms. The minimum absolute atomic E-state index is 0.108. The largest absolute Gasteiger partial charge is 0.504 e. The maximum Gasteiger partial charge on any atom is 0.350 e. The van der Waals surface area contributed by atoms with Crippen molar-refractivity contribution in [3.63, 3.8) is 0 Å². The van der Waals surface area contributed by atoms with Crippen molar-refractivity contribution < 1.29 is 33.7 Å². The summed E-state index contributed by atoms with van der Waals surface area (Å²) < 4.78 is 15.2. The number of esters is 2. The standard InChI is InChI=1S/C24H24N2O7S/c1-4-32-23(30)21-15(2)25-24(34-21)26(13-16-9-6-5-7-10-16)19(27)14-33-22(29)17-11-8-12-18(31-3)20(17)28/h5-12,28H,4,13-14H2,1-3H3. The zero-order valence-corrected chi connectivity index (χ0v) is 19.8. The van der Waals surface area contributed by atoms with E-state index in [9.17, 15) is 19.5 Å². The van der Waals surface area contributed by atoms with Crippen molar-refractivity contribution in [1.29, 1.82) is 0 Å². The van der Waals surface area contributed by atoms with Gasteiger partial charge in [0.1, 0.15) is 10.4 Å². The topological polar surface area (TPSA) is 115 Å². The highest BCUT2D eigenvalue weighted by molar-refractivity contribution is 7.17. The normalized spacial score (nSPS) is 10.4. The first-order chi connectivity index (χ1) is 16.3. The first kappa shape index (κ1) is 24.7. The second-order valence-electron chi connectivity index (χ2n) is 7.03. The number of ether oxygens (including phenoxy) is 3. The summed E-state index contributed by atoms with van der Waals surface area (Å²) in [7, 11) is 1.36. The summed E-state index contributed by atoms with van der Waals surface area (Å²) in [6.07, 6.45) is 0. The predicted octanol–water partition coefficient (Wildman–Crippen LogP) is 3.73. The van der Waals surface area contributed by atoms with Gasteiger partial charge in [0, 0.05) is 0 Å². The number of methoxy groups -OCH3 is 1. The molecule has 1 aromatic heterocycles. The van der Waals surface area contributed by atoms with Crippen LogP contribution in [-0.4, -0.2) is 48.3 Å². The van der Waals surface area contributed by atoms with Crippen LogP contribution >= 0.6 is 11.3 Å². The van der Waals surface area contributed by atoms with Gasteiger partial charge in [0.15, 0.2) is 23.2 Å². The molecule has 2 aromatic carbocycles. The van der Waals surface area contributed by atoms with Gasteiger partial charge in [0.2, 0.25) is 0 Å². The Hall–Kier alpha value is -3.92. The molecule has 0 fully saturated rings. The third-order valence-electron chi connectivity index (χ3n) is 4.73. The summed E-state index contributed by atoms with van der Waals surface area (Å²) in [6.45, 7) is 3.12. The highest BCUT2D eigenvalue weighted by atomic mass is 32.1. The van der Waals surface area contributed by atoms with Crippen LogP contribution in [0.2, 0.25) is 0 Å². The zero-order chi connectivity index (χ0) is 24.7. The fourth-order valence-corrected chi connectivity index (χ4v) is 4.02. The number of carbonyl (C=O) groups is 3. The van der Waals surface area contributed by atoms with Gasteiger partial charge >= 0.3 is 11.9 Å². The molecule has 0 aliphatic rings. The maximum absolute atomic E-state index is 13.1. The number of thiazole rings is 1. The number of anilines is 1. The molecule has 0 aliphatic carbocycles. The zero-order valence-electron chi connectivity index (χ0n) is 18.9. The van der Waals surface area contributed by atoms with E-state index in [0.717, 1.165) is 16.9 Å². The van der Waals surface area contributed by atoms with Gasteiger partial charge in [-0.25, -0.2) is 14.6 Å². The second kappa shape index (κ2) is 11.3. The van der Waals surface area contributed by atoms with Gasteiger partial charge in [-0.2, -0.15) is 0 Å². The van der Waals surface area contributed by atoms with E-state index in [4.69, 9.17) is 14.2 Å². The van der Waals surface area contributed by atoms with Crippen LogP contribution < -0.4 is 9.64 Å². The average Bonchev–Trinajstić information content (AvgIpc) is 3.23. The first-order valence-electron chi connectivity index (χ1n) is 10.4. The van der Waals surface area contributed by atoms with Gasteiger partial charge in [0.05, 0.1) is 26.0 Å². The molecule has 0 saturated carbocycles. The Morgan fingerprint density at radius 3 is 2.44 bits per heavy atom. The molecule has 34 heavy (non-hydrogen) atoms. The number of benzene rings is 2. The van der Waals surface area contributed by atoms with Crippen LogP contribution in [0.5, 0.6) is 11.5 Å². The van der Waals surface area contributed by atoms with Gasteiger partial charge < -0.3 is 19.3 Å². The molecule has 0 spiro atoms. The molecule has 3 aromatic rings. The molecule has 1 amide bonds. The van der Waals surface area contributed by atoms with Crippen LogP contribution in [0.15, 0.2) is 48.5 Å². The Bertz CT molecular complexity index is 1180. The van der Waals surface area contributed by atoms with Crippen LogP contribution in [0.1, 0.15) is 38.2 Å². The summed E-state index contributed by atoms with van der Waals surface area (Å²) in [5, 5.41) is 10.4. The molecule has 1 heterocycles. The molecule has 0 atom stereocenters. The van der Waals surface area contributed by atoms with Crippen LogP contribution in [0.4, 0.5) is 5.13 Å². The molecule has 1 N–H and O–H groups in total. The Kier molecular flexibility index (Phi) is 8.20. The van der Waals surface area contributed by atoms with Crippen LogP contribution in [-0.2, 0) is 20.8 Å². The monoisotopic (exact) mass is 484 g/mol. The summed E-state index contributed by atoms with van der Waals surface area (Å²) in [5.41, 5.74) is 1.12. The van der Waals surface area contributed by atoms with Gasteiger partial charge in [0.25, 0.3) is 5.91 Å². The third kappa shape index (κ3) is 5.70. The van der Waals surface area contributed by atoms with Gasteiger partial charge in [-0.05, 0) is 31.5 Å². The molecular formula is C24H24N2O7S. The second-order valence-corrected chi connectivity index (χ2v) is 8.01. The number of hydrogen-bond acceptors (Lipinski definition) is 9. The number of carbonyl (C=O) groups excluding carboxylic acids is 3. The lowest BCUT2D eigenvalue weighted by molar-refractivity contribution is -0.121. The highest BCUT2D eigenvalue weighted by Gasteiger charge is 2.26. The summed E-state index contributed by atoms with van der Waals surface area (Å²) >= 11 is 1.02. The Morgan fingerprint density at radius 2 is 1.76 bits per heavy atom. The van der Waals surface area contributed by atoms with E-state index in [1.54, 1.807) is 13.8 Å². The first-order valence-corrected chi connectivity index (χ1v) is 11.2. The van der Waals surface area contributed by atoms with Gasteiger partial charge in [-0.15, -0.1) is 0 Å². The van der Waals surface area contributed by atoms with E-state index >= 15 is 0 Å². The van der Waals surface area contributed by atoms with Crippen molar-refractivity contribution in [3.05, 3.63) is 70.2 Å². The molecule has 10 heteroatoms. The van der Waals surface area contributed by atoms with Crippen molar-refractivity contribution in [2.75, 3.05) is 25.2 Å². The molecule has 3 rings (SSSR count). The molecule has 0 unspecified atom stereocenters. The van der Waals surface area contributed by atoms with Gasteiger partial charge in [-0.1, -0.05) is 47.7 Å². The van der Waals surface area contributed by atoms with Crippen LogP contribution in [0.25, 0.3) is 0 Å². The summed E-state index contributed by atoms with van der Waals surface area (Å²) in [6, 6.07) is 13.6. The van der Waals surface area contributed by atoms with Gasteiger partial charge in [-0.3, -0.25) is 9.69 Å². The third-order valence-corrected chi connectivity index (χ3v) is 5.89. The van der Waals surface area contributed by atoms with E-state index in [2.05, 4.69) is 4.98 Å². The Labute approximate surface area is 200 Å². The molecular weight excluding hydrogens is 460 g/mol. The fourth-order valence-electron chi connectivity index (χ4n) is 3.05. The minimum Gasteiger partial charge on any atom is -0.504 e. The number of rotatable bonds is 9. The number of phenolic OH excluding ortho intramolecular Hbond substituents is 1. The van der Waals surface area contributed by atoms with E-state index in [0.29, 0.717) is 10.6 Å². The minimum atomic E-state index is -0.882. The average molecular weight is 485 g/mol. The van der Waals surface area contributed by atoms with E-state index in [1.807, 2.05) is 30.3 Å². The predicted molar refractivity (Wildman–Crippen MR) is 125 cm³/mol. The van der Waals surface area contributed by atoms with Crippen molar-refractivity contribution in [1.82, 2.24) is 4.98 Å². The van der Waals surface area contributed by atoms with Crippen molar-refractivity contribution in [3.8, 4) is 11.5 Å². The molecule has 0 radical (unpaired) electrons. The fraction of sp³-hybridized carbons (Fsp3) is 0.250. The highest BCUT2D eigenvalue weighted by Crippen LogP contribution is 2.30. The summed E-state index contributed by atoms with van der Waals surface area (Å²) in [4.78, 5) is 43.9. The molecule has 178 valence electrons. The number of hydrogen-bond donors (Lipinski definition) is 1. The quantitative estimate of drug-likeness (QED) is 0.457. The molecule has 0 saturated heterocycles. The van der Waals surface area contributed by atoms with Crippen molar-refractivity contribution in [2.45, 2.75) is 20.4 Å². The van der Waals surface area contributed by atoms with Crippen LogP contribution in [0.3, 0.4) is 0 Å². The number of para-hydroxylation sites is 1. The lowest BCUT2D eigenvalue weighted by Gasteiger charge is -2.20. The number of phenols is 1. The summed E-state index contributed by atoms with van der Waals surface area (Å²) in [5.74, 6) is -2.22. The van der Waals surface area contributed by atoms with E-state index < -0.39 is 24.5 Å². The number of aromatic hydroxyl groups is 1. The lowest BCUT2D eigenvalue weighted by Crippen LogP contribution is -2.34. The van der Waals surface area contributed by atoms with Crippen LogP contribution in [0, 0.1) is 6.92 Å². The maximum atomic E-state index is 13.1. The van der Waals surface area contributed by atoms with E-state index in [-0.39, 0.29) is 35.3 Å². The number of aromatic nitrogens is 1. The Balaban J connectivity index is 1.82. The Morgan fingerprint density at radius 1 is 1.03 bits per heavy atom. The van der Waals surface area contributed by atoms with Crippen molar-refractivity contribution >= 4 is 34.3 Å². The molecule has 0 aliphatic heterocycles. The smallest absolute Gasteiger partial charge is 0.350 e.